The molecule has 5 rings (SSSR count). The Labute approximate surface area is 237 Å². The largest absolute Gasteiger partial charge is 0.331 e. The Bertz CT molecular complexity index is 1650. The lowest BCUT2D eigenvalue weighted by atomic mass is 9.91. The van der Waals surface area contributed by atoms with Crippen molar-refractivity contribution in [3.05, 3.63) is 73.4 Å². The van der Waals surface area contributed by atoms with Gasteiger partial charge in [-0.3, -0.25) is 18.7 Å². The van der Waals surface area contributed by atoms with Crippen LogP contribution in [-0.2, 0) is 6.54 Å². The van der Waals surface area contributed by atoms with Crippen molar-refractivity contribution in [1.29, 1.82) is 5.26 Å². The molecule has 208 valence electrons. The molecule has 2 aliphatic rings. The fourth-order valence-corrected chi connectivity index (χ4v) is 5.68. The van der Waals surface area contributed by atoms with Crippen molar-refractivity contribution < 1.29 is 9.59 Å². The van der Waals surface area contributed by atoms with E-state index in [2.05, 4.69) is 5.32 Å². The van der Waals surface area contributed by atoms with Crippen LogP contribution < -0.4 is 16.6 Å². The monoisotopic (exact) mass is 561 g/mol. The molecule has 1 saturated heterocycles. The van der Waals surface area contributed by atoms with Gasteiger partial charge in [-0.1, -0.05) is 11.6 Å². The summed E-state index contributed by atoms with van der Waals surface area (Å²) in [6.45, 7) is 5.23. The van der Waals surface area contributed by atoms with Crippen molar-refractivity contribution in [2.75, 3.05) is 18.4 Å². The molecule has 3 aromatic rings. The van der Waals surface area contributed by atoms with Gasteiger partial charge >= 0.3 is 11.7 Å². The second-order valence-electron chi connectivity index (χ2n) is 11.2. The first-order valence-corrected chi connectivity index (χ1v) is 14.1. The number of nitriles is 1. The van der Waals surface area contributed by atoms with E-state index in [1.807, 2.05) is 19.9 Å². The lowest BCUT2D eigenvalue weighted by Gasteiger charge is -2.32. The molecule has 40 heavy (non-hydrogen) atoms. The number of fused-ring (bicyclic) bond motifs is 1. The Morgan fingerprint density at radius 1 is 1.10 bits per heavy atom. The number of hydrogen-bond donors (Lipinski definition) is 1. The maximum absolute atomic E-state index is 13.3. The highest BCUT2D eigenvalue weighted by Gasteiger charge is 2.27. The van der Waals surface area contributed by atoms with E-state index in [-0.39, 0.29) is 46.5 Å². The summed E-state index contributed by atoms with van der Waals surface area (Å²) in [6, 6.07) is 11.3. The Kier molecular flexibility index (Phi) is 7.81. The van der Waals surface area contributed by atoms with Gasteiger partial charge in [0.05, 0.1) is 21.5 Å². The number of halogens is 1. The smallest absolute Gasteiger partial charge is 0.324 e. The highest BCUT2D eigenvalue weighted by molar-refractivity contribution is 6.32. The summed E-state index contributed by atoms with van der Waals surface area (Å²) < 4.78 is 2.97. The Morgan fingerprint density at radius 3 is 2.55 bits per heavy atom. The summed E-state index contributed by atoms with van der Waals surface area (Å²) in [5.74, 6) is 0.277. The number of rotatable bonds is 7. The number of ketones is 1. The van der Waals surface area contributed by atoms with Crippen LogP contribution in [0.15, 0.2) is 46.0 Å². The first-order valence-electron chi connectivity index (χ1n) is 13.7. The van der Waals surface area contributed by atoms with Gasteiger partial charge in [0.15, 0.2) is 5.78 Å². The molecule has 1 unspecified atom stereocenters. The number of nitrogens with one attached hydrogen (secondary N) is 1. The third kappa shape index (κ3) is 5.68. The molecule has 2 amide bonds. The molecule has 0 spiro atoms. The van der Waals surface area contributed by atoms with Crippen LogP contribution in [0.5, 0.6) is 0 Å². The minimum Gasteiger partial charge on any atom is -0.324 e. The number of anilines is 1. The number of Topliss-reactive ketones (excluding diaryl/α,β-unsaturated/α-hetero) is 1. The van der Waals surface area contributed by atoms with Gasteiger partial charge in [0, 0.05) is 43.3 Å². The van der Waals surface area contributed by atoms with Crippen molar-refractivity contribution in [2.45, 2.75) is 58.5 Å². The van der Waals surface area contributed by atoms with Gasteiger partial charge in [0.2, 0.25) is 0 Å². The van der Waals surface area contributed by atoms with E-state index >= 15 is 0 Å². The molecule has 1 saturated carbocycles. The number of nitrogens with zero attached hydrogens (tertiary/aromatic N) is 4. The zero-order valence-corrected chi connectivity index (χ0v) is 23.4. The van der Waals surface area contributed by atoms with Gasteiger partial charge < -0.3 is 10.2 Å². The van der Waals surface area contributed by atoms with Crippen molar-refractivity contribution in [3.63, 3.8) is 0 Å². The number of benzene rings is 2. The number of urea groups is 1. The van der Waals surface area contributed by atoms with E-state index in [1.165, 1.54) is 10.6 Å². The first-order chi connectivity index (χ1) is 19.2. The van der Waals surface area contributed by atoms with E-state index < -0.39 is 0 Å². The number of amides is 2. The van der Waals surface area contributed by atoms with Crippen LogP contribution in [0.1, 0.15) is 67.9 Å². The molecule has 2 fully saturated rings. The summed E-state index contributed by atoms with van der Waals surface area (Å²) >= 11 is 6.10. The highest BCUT2D eigenvalue weighted by atomic mass is 35.5. The van der Waals surface area contributed by atoms with Crippen LogP contribution in [0, 0.1) is 23.2 Å². The molecule has 0 radical (unpaired) electrons. The normalized spacial score (nSPS) is 17.2. The number of hydrogen-bond acceptors (Lipinski definition) is 5. The summed E-state index contributed by atoms with van der Waals surface area (Å²) in [5, 5.41) is 12.6. The van der Waals surface area contributed by atoms with Crippen LogP contribution in [0.2, 0.25) is 5.02 Å². The van der Waals surface area contributed by atoms with Gasteiger partial charge in [-0.25, -0.2) is 9.59 Å². The standard InChI is InChI=1S/C30H32ClN5O4/c1-18(2)36-26-10-9-23(14-24(26)28(38)35(30(36)40)17-19-5-6-19)33-29(39)34-11-3-4-20(16-34)12-27(37)21-7-8-22(15-32)25(31)13-21/h7-10,13-14,18-20H,3-6,11-12,16-17H2,1-2H3,(H,33,39). The maximum Gasteiger partial charge on any atom is 0.331 e. The highest BCUT2D eigenvalue weighted by Crippen LogP contribution is 2.30. The Balaban J connectivity index is 1.31. The summed E-state index contributed by atoms with van der Waals surface area (Å²) in [5.41, 5.74) is 1.17. The second kappa shape index (κ2) is 11.3. The van der Waals surface area contributed by atoms with Crippen molar-refractivity contribution in [1.82, 2.24) is 14.0 Å². The molecule has 1 aliphatic heterocycles. The van der Waals surface area contributed by atoms with Crippen molar-refractivity contribution >= 4 is 40.0 Å². The number of carbonyl (C=O) groups excluding carboxylic acids is 2. The topological polar surface area (TPSA) is 117 Å². The maximum atomic E-state index is 13.3. The quantitative estimate of drug-likeness (QED) is 0.398. The zero-order valence-electron chi connectivity index (χ0n) is 22.7. The molecule has 1 N–H and O–H groups in total. The number of aromatic nitrogens is 2. The lowest BCUT2D eigenvalue weighted by molar-refractivity contribution is 0.0931. The van der Waals surface area contributed by atoms with Crippen LogP contribution in [0.25, 0.3) is 10.9 Å². The molecule has 1 aromatic heterocycles. The fourth-order valence-electron chi connectivity index (χ4n) is 5.46. The molecule has 9 nitrogen and oxygen atoms in total. The van der Waals surface area contributed by atoms with Crippen LogP contribution in [0.4, 0.5) is 10.5 Å². The molecule has 2 heterocycles. The van der Waals surface area contributed by atoms with Gasteiger partial charge in [0.25, 0.3) is 5.56 Å². The average Bonchev–Trinajstić information content (AvgIpc) is 3.75. The van der Waals surface area contributed by atoms with Gasteiger partial charge in [-0.15, -0.1) is 0 Å². The van der Waals surface area contributed by atoms with Crippen LogP contribution in [-0.4, -0.2) is 38.9 Å². The lowest BCUT2D eigenvalue weighted by Crippen LogP contribution is -2.43. The summed E-state index contributed by atoms with van der Waals surface area (Å²) in [7, 11) is 0. The SMILES string of the molecule is CC(C)n1c(=O)n(CC2CC2)c(=O)c2cc(NC(=O)N3CCCC(CC(=O)c4ccc(C#N)c(Cl)c4)C3)ccc21. The second-order valence-corrected chi connectivity index (χ2v) is 11.6. The van der Waals surface area contributed by atoms with E-state index in [9.17, 15) is 19.2 Å². The molecule has 2 aromatic carbocycles. The number of carbonyl (C=O) groups is 2. The minimum absolute atomic E-state index is 0.00637. The van der Waals surface area contributed by atoms with E-state index in [4.69, 9.17) is 16.9 Å². The fraction of sp³-hybridized carbons (Fsp3) is 0.433. The van der Waals surface area contributed by atoms with Crippen LogP contribution in [0.3, 0.4) is 0 Å². The average molecular weight is 562 g/mol. The van der Waals surface area contributed by atoms with E-state index in [0.29, 0.717) is 53.3 Å². The molecule has 1 aliphatic carbocycles. The van der Waals surface area contributed by atoms with Crippen molar-refractivity contribution in [3.8, 4) is 6.07 Å². The minimum atomic E-state index is -0.334. The third-order valence-corrected chi connectivity index (χ3v) is 8.08. The predicted molar refractivity (Wildman–Crippen MR) is 154 cm³/mol. The molecule has 10 heteroatoms. The summed E-state index contributed by atoms with van der Waals surface area (Å²) in [4.78, 5) is 54.2. The van der Waals surface area contributed by atoms with Crippen molar-refractivity contribution in [2.24, 2.45) is 11.8 Å². The molecule has 0 bridgehead atoms. The first kappa shape index (κ1) is 27.7. The predicted octanol–water partition coefficient (Wildman–Crippen LogP) is 5.20. The Morgan fingerprint density at radius 2 is 1.88 bits per heavy atom. The number of likely N-dealkylation sites (tertiary alicyclic amines) is 1. The molecule has 1 atom stereocenters. The molecular formula is C30H32ClN5O4. The van der Waals surface area contributed by atoms with Crippen LogP contribution >= 0.6 is 11.6 Å². The summed E-state index contributed by atoms with van der Waals surface area (Å²) in [6.07, 6.45) is 3.90. The van der Waals surface area contributed by atoms with E-state index in [1.54, 1.807) is 39.8 Å². The van der Waals surface area contributed by atoms with Gasteiger partial charge in [-0.2, -0.15) is 5.26 Å². The Hall–Kier alpha value is -3.90. The van der Waals surface area contributed by atoms with E-state index in [0.717, 1.165) is 25.7 Å². The molecular weight excluding hydrogens is 530 g/mol. The zero-order chi connectivity index (χ0) is 28.6. The van der Waals surface area contributed by atoms with Gasteiger partial charge in [-0.05, 0) is 87.8 Å². The number of piperidine rings is 1. The third-order valence-electron chi connectivity index (χ3n) is 7.77. The van der Waals surface area contributed by atoms with Gasteiger partial charge in [0.1, 0.15) is 6.07 Å².